The summed E-state index contributed by atoms with van der Waals surface area (Å²) in [6, 6.07) is 8.69. The first-order chi connectivity index (χ1) is 12.2. The first kappa shape index (κ1) is 16.6. The molecule has 3 heterocycles. The second-order valence-electron chi connectivity index (χ2n) is 7.35. The summed E-state index contributed by atoms with van der Waals surface area (Å²) in [7, 11) is 2.19. The van der Waals surface area contributed by atoms with Crippen molar-refractivity contribution in [2.45, 2.75) is 56.8 Å². The molecule has 1 aromatic heterocycles. The average molecular weight is 344 g/mol. The van der Waals surface area contributed by atoms with E-state index in [1.165, 1.54) is 19.3 Å². The van der Waals surface area contributed by atoms with Gasteiger partial charge in [0.05, 0.1) is 12.1 Å². The van der Waals surface area contributed by atoms with Gasteiger partial charge < -0.3 is 14.2 Å². The topological polar surface area (TPSA) is 34.5 Å². The molecule has 1 aromatic carbocycles. The standard InChI is InChI=1S/C20H25FN2O2/c1-22-14-5-4-6-15(22)12-16(11-14)25-20(24)18-13-23(10-9-21)19-8-3-2-7-17(18)19/h2-3,7-8,13-16H,4-6,9-12H2,1H3/t14-,15+,16?. The minimum atomic E-state index is -0.453. The molecular formula is C20H25FN2O2. The summed E-state index contributed by atoms with van der Waals surface area (Å²) in [6.45, 7) is -0.197. The normalized spacial score (nSPS) is 26.7. The number of carbonyl (C=O) groups is 1. The van der Waals surface area contributed by atoms with Crippen LogP contribution in [0.2, 0.25) is 0 Å². The van der Waals surface area contributed by atoms with E-state index in [4.69, 9.17) is 4.74 Å². The molecule has 4 nitrogen and oxygen atoms in total. The van der Waals surface area contributed by atoms with Gasteiger partial charge >= 0.3 is 5.97 Å². The lowest BCUT2D eigenvalue weighted by atomic mass is 9.83. The fraction of sp³-hybridized carbons (Fsp3) is 0.550. The Hall–Kier alpha value is -1.88. The third-order valence-electron chi connectivity index (χ3n) is 5.90. The number of fused-ring (bicyclic) bond motifs is 3. The predicted molar refractivity (Wildman–Crippen MR) is 95.5 cm³/mol. The summed E-state index contributed by atoms with van der Waals surface area (Å²) in [4.78, 5) is 15.3. The van der Waals surface area contributed by atoms with Gasteiger partial charge in [-0.1, -0.05) is 24.6 Å². The van der Waals surface area contributed by atoms with Crippen molar-refractivity contribution < 1.29 is 13.9 Å². The van der Waals surface area contributed by atoms with Gasteiger partial charge in [0.1, 0.15) is 12.8 Å². The number of aryl methyl sites for hydroxylation is 1. The molecule has 2 bridgehead atoms. The molecule has 0 saturated carbocycles. The highest BCUT2D eigenvalue weighted by atomic mass is 19.1. The molecule has 2 aliphatic heterocycles. The highest BCUT2D eigenvalue weighted by Gasteiger charge is 2.37. The van der Waals surface area contributed by atoms with Gasteiger partial charge in [0.25, 0.3) is 0 Å². The molecule has 0 spiro atoms. The Bertz CT molecular complexity index is 758. The van der Waals surface area contributed by atoms with E-state index in [0.29, 0.717) is 17.6 Å². The fourth-order valence-corrected chi connectivity index (χ4v) is 4.56. The zero-order chi connectivity index (χ0) is 17.4. The Labute approximate surface area is 147 Å². The van der Waals surface area contributed by atoms with Gasteiger partial charge in [0.15, 0.2) is 0 Å². The number of nitrogens with zero attached hydrogens (tertiary/aromatic N) is 2. The molecule has 2 aliphatic rings. The first-order valence-corrected chi connectivity index (χ1v) is 9.24. The molecule has 2 aromatic rings. The number of piperidine rings is 2. The van der Waals surface area contributed by atoms with Gasteiger partial charge in [-0.25, -0.2) is 9.18 Å². The lowest BCUT2D eigenvalue weighted by Gasteiger charge is -2.46. The number of aromatic nitrogens is 1. The number of halogens is 1. The predicted octanol–water partition coefficient (Wildman–Crippen LogP) is 3.78. The molecule has 0 N–H and O–H groups in total. The number of hydrogen-bond donors (Lipinski definition) is 0. The van der Waals surface area contributed by atoms with Gasteiger partial charge in [-0.2, -0.15) is 0 Å². The lowest BCUT2D eigenvalue weighted by molar-refractivity contribution is -0.0317. The monoisotopic (exact) mass is 344 g/mol. The van der Waals surface area contributed by atoms with Crippen molar-refractivity contribution in [1.82, 2.24) is 9.47 Å². The van der Waals surface area contributed by atoms with Crippen molar-refractivity contribution in [3.8, 4) is 0 Å². The third-order valence-corrected chi connectivity index (χ3v) is 5.90. The molecular weight excluding hydrogens is 319 g/mol. The lowest BCUT2D eigenvalue weighted by Crippen LogP contribution is -2.52. The molecule has 0 amide bonds. The molecule has 4 rings (SSSR count). The summed E-state index contributed by atoms with van der Waals surface area (Å²) < 4.78 is 20.5. The van der Waals surface area contributed by atoms with E-state index >= 15 is 0 Å². The highest BCUT2D eigenvalue weighted by molar-refractivity contribution is 6.04. The minimum Gasteiger partial charge on any atom is -0.459 e. The maximum atomic E-state index is 12.8. The number of benzene rings is 1. The average Bonchev–Trinajstić information content (AvgIpc) is 2.95. The number of hydrogen-bond acceptors (Lipinski definition) is 3. The van der Waals surface area contributed by atoms with Crippen molar-refractivity contribution in [3.63, 3.8) is 0 Å². The van der Waals surface area contributed by atoms with Crippen LogP contribution in [0.3, 0.4) is 0 Å². The van der Waals surface area contributed by atoms with Crippen molar-refractivity contribution in [3.05, 3.63) is 36.0 Å². The summed E-state index contributed by atoms with van der Waals surface area (Å²) in [5.41, 5.74) is 1.43. The first-order valence-electron chi connectivity index (χ1n) is 9.24. The Morgan fingerprint density at radius 2 is 1.96 bits per heavy atom. The Balaban J connectivity index is 1.54. The SMILES string of the molecule is CN1[C@@H]2CCC[C@H]1CC(OC(=O)c1cn(CCF)c3ccccc13)C2. The second kappa shape index (κ2) is 6.79. The molecule has 0 aliphatic carbocycles. The van der Waals surface area contributed by atoms with Crippen LogP contribution in [0.1, 0.15) is 42.5 Å². The van der Waals surface area contributed by atoms with Crippen molar-refractivity contribution in [1.29, 1.82) is 0 Å². The van der Waals surface area contributed by atoms with Gasteiger partial charge in [-0.05, 0) is 26.0 Å². The number of para-hydroxylation sites is 1. The van der Waals surface area contributed by atoms with E-state index < -0.39 is 6.67 Å². The van der Waals surface area contributed by atoms with Gasteiger partial charge in [-0.15, -0.1) is 0 Å². The Morgan fingerprint density at radius 3 is 2.68 bits per heavy atom. The van der Waals surface area contributed by atoms with Crippen molar-refractivity contribution >= 4 is 16.9 Å². The molecule has 134 valence electrons. The maximum absolute atomic E-state index is 12.8. The van der Waals surface area contributed by atoms with Crippen LogP contribution in [-0.2, 0) is 11.3 Å². The van der Waals surface area contributed by atoms with E-state index in [1.807, 2.05) is 24.3 Å². The second-order valence-corrected chi connectivity index (χ2v) is 7.35. The van der Waals surface area contributed by atoms with Crippen LogP contribution in [0, 0.1) is 0 Å². The molecule has 25 heavy (non-hydrogen) atoms. The van der Waals surface area contributed by atoms with Gasteiger partial charge in [-0.3, -0.25) is 0 Å². The van der Waals surface area contributed by atoms with Gasteiger partial charge in [0, 0.05) is 42.0 Å². The van der Waals surface area contributed by atoms with Crippen molar-refractivity contribution in [2.75, 3.05) is 13.7 Å². The largest absolute Gasteiger partial charge is 0.459 e. The number of alkyl halides is 1. The molecule has 0 radical (unpaired) electrons. The van der Waals surface area contributed by atoms with Crippen LogP contribution in [0.5, 0.6) is 0 Å². The fourth-order valence-electron chi connectivity index (χ4n) is 4.56. The van der Waals surface area contributed by atoms with Crippen LogP contribution >= 0.6 is 0 Å². The van der Waals surface area contributed by atoms with Crippen LogP contribution in [-0.4, -0.2) is 47.3 Å². The van der Waals surface area contributed by atoms with E-state index in [0.717, 1.165) is 23.7 Å². The zero-order valence-corrected chi connectivity index (χ0v) is 14.7. The number of ether oxygens (including phenoxy) is 1. The number of carbonyl (C=O) groups excluding carboxylic acids is 1. The molecule has 2 fully saturated rings. The van der Waals surface area contributed by atoms with E-state index in [1.54, 1.807) is 10.8 Å². The summed E-state index contributed by atoms with van der Waals surface area (Å²) >= 11 is 0. The van der Waals surface area contributed by atoms with Gasteiger partial charge in [0.2, 0.25) is 0 Å². The third kappa shape index (κ3) is 3.06. The Morgan fingerprint density at radius 1 is 1.24 bits per heavy atom. The van der Waals surface area contributed by atoms with Crippen molar-refractivity contribution in [2.24, 2.45) is 0 Å². The Kier molecular flexibility index (Phi) is 4.50. The molecule has 1 unspecified atom stereocenters. The quantitative estimate of drug-likeness (QED) is 0.792. The molecule has 2 saturated heterocycles. The highest BCUT2D eigenvalue weighted by Crippen LogP contribution is 2.34. The minimum absolute atomic E-state index is 0.0118. The number of esters is 1. The van der Waals surface area contributed by atoms with Crippen LogP contribution in [0.15, 0.2) is 30.5 Å². The zero-order valence-electron chi connectivity index (χ0n) is 14.7. The summed E-state index contributed by atoms with van der Waals surface area (Å²) in [5, 5.41) is 0.842. The van der Waals surface area contributed by atoms with Crippen LogP contribution < -0.4 is 0 Å². The smallest absolute Gasteiger partial charge is 0.340 e. The molecule has 3 atom stereocenters. The van der Waals surface area contributed by atoms with Crippen LogP contribution in [0.4, 0.5) is 4.39 Å². The summed E-state index contributed by atoms with van der Waals surface area (Å²) in [5.74, 6) is -0.276. The number of rotatable bonds is 4. The summed E-state index contributed by atoms with van der Waals surface area (Å²) in [6.07, 6.45) is 7.22. The molecule has 5 heteroatoms. The van der Waals surface area contributed by atoms with E-state index in [2.05, 4.69) is 11.9 Å². The van der Waals surface area contributed by atoms with Crippen LogP contribution in [0.25, 0.3) is 10.9 Å². The van der Waals surface area contributed by atoms with E-state index in [9.17, 15) is 9.18 Å². The van der Waals surface area contributed by atoms with E-state index in [-0.39, 0.29) is 18.6 Å². The maximum Gasteiger partial charge on any atom is 0.340 e.